The Labute approximate surface area is 205 Å². The Morgan fingerprint density at radius 2 is 1.74 bits per heavy atom. The average Bonchev–Trinajstić information content (AvgIpc) is 3.56. The molecule has 6 rings (SSSR count). The first-order valence-corrected chi connectivity index (χ1v) is 12.0. The summed E-state index contributed by atoms with van der Waals surface area (Å²) in [5.74, 6) is 0.851. The molecule has 0 radical (unpaired) electrons. The molecule has 35 heavy (non-hydrogen) atoms. The fourth-order valence-electron chi connectivity index (χ4n) is 4.81. The van der Waals surface area contributed by atoms with E-state index in [4.69, 9.17) is 4.98 Å². The Bertz CT molecular complexity index is 1410. The van der Waals surface area contributed by atoms with Crippen molar-refractivity contribution >= 4 is 30.2 Å². The number of piperazine rings is 1. The number of hydrogen-bond acceptors (Lipinski definition) is 6. The van der Waals surface area contributed by atoms with Crippen LogP contribution in [0.2, 0.25) is 0 Å². The molecular weight excluding hydrogens is 435 g/mol. The van der Waals surface area contributed by atoms with Crippen molar-refractivity contribution in [2.75, 3.05) is 31.1 Å². The quantitative estimate of drug-likeness (QED) is 0.388. The predicted molar refractivity (Wildman–Crippen MR) is 141 cm³/mol. The van der Waals surface area contributed by atoms with Crippen LogP contribution in [0.25, 0.3) is 22.6 Å². The van der Waals surface area contributed by atoms with Crippen LogP contribution < -0.4 is 10.4 Å². The van der Waals surface area contributed by atoms with Gasteiger partial charge in [-0.3, -0.25) is 9.88 Å². The summed E-state index contributed by atoms with van der Waals surface area (Å²) in [5.41, 5.74) is 7.67. The van der Waals surface area contributed by atoms with Gasteiger partial charge in [0.2, 0.25) is 0 Å². The number of pyridine rings is 2. The van der Waals surface area contributed by atoms with E-state index in [-0.39, 0.29) is 0 Å². The maximum absolute atomic E-state index is 5.01. The lowest BCUT2D eigenvalue weighted by atomic mass is 9.95. The Kier molecular flexibility index (Phi) is 5.75. The van der Waals surface area contributed by atoms with E-state index in [1.54, 1.807) is 6.20 Å². The number of anilines is 1. The number of H-pyrrole nitrogens is 1. The van der Waals surface area contributed by atoms with Crippen molar-refractivity contribution in [3.05, 3.63) is 84.8 Å². The zero-order valence-electron chi connectivity index (χ0n) is 19.8. The molecule has 9 heteroatoms. The van der Waals surface area contributed by atoms with Crippen LogP contribution in [0, 0.1) is 0 Å². The highest BCUT2D eigenvalue weighted by Crippen LogP contribution is 2.27. The molecule has 0 aliphatic carbocycles. The molecule has 1 aliphatic rings. The van der Waals surface area contributed by atoms with Crippen molar-refractivity contribution in [3.8, 4) is 11.4 Å². The molecule has 5 heterocycles. The SMILES string of the molecule is Bc1cnc2[nH]c(-c3ccc(Cn4ccnc4)cc3)nc2c1N1CCN(Cc2cccnc2)CC1. The Balaban J connectivity index is 1.21. The van der Waals surface area contributed by atoms with Gasteiger partial charge in [-0.15, -0.1) is 0 Å². The summed E-state index contributed by atoms with van der Waals surface area (Å²) in [4.78, 5) is 26.4. The number of hydrogen-bond donors (Lipinski definition) is 1. The van der Waals surface area contributed by atoms with Crippen LogP contribution in [0.1, 0.15) is 11.1 Å². The zero-order valence-corrected chi connectivity index (χ0v) is 19.8. The number of aromatic nitrogens is 6. The lowest BCUT2D eigenvalue weighted by Gasteiger charge is -2.36. The van der Waals surface area contributed by atoms with E-state index in [0.29, 0.717) is 0 Å². The number of aromatic amines is 1. The number of nitrogens with zero attached hydrogens (tertiary/aromatic N) is 7. The molecule has 1 fully saturated rings. The normalized spacial score (nSPS) is 14.6. The summed E-state index contributed by atoms with van der Waals surface area (Å²) >= 11 is 0. The number of fused-ring (bicyclic) bond motifs is 1. The van der Waals surface area contributed by atoms with E-state index < -0.39 is 0 Å². The van der Waals surface area contributed by atoms with Gasteiger partial charge in [-0.1, -0.05) is 30.3 Å². The second-order valence-corrected chi connectivity index (χ2v) is 9.13. The first kappa shape index (κ1) is 21.6. The van der Waals surface area contributed by atoms with Gasteiger partial charge in [-0.05, 0) is 22.7 Å². The maximum Gasteiger partial charge on any atom is 0.159 e. The summed E-state index contributed by atoms with van der Waals surface area (Å²) in [6, 6.07) is 12.7. The zero-order chi connectivity index (χ0) is 23.6. The first-order chi connectivity index (χ1) is 17.2. The van der Waals surface area contributed by atoms with E-state index in [1.807, 2.05) is 37.2 Å². The molecule has 8 nitrogen and oxygen atoms in total. The van der Waals surface area contributed by atoms with Gasteiger partial charge >= 0.3 is 0 Å². The van der Waals surface area contributed by atoms with Crippen molar-refractivity contribution in [1.82, 2.24) is 34.4 Å². The molecule has 4 aromatic heterocycles. The van der Waals surface area contributed by atoms with Gasteiger partial charge in [-0.25, -0.2) is 15.0 Å². The van der Waals surface area contributed by atoms with Crippen LogP contribution in [-0.4, -0.2) is 68.4 Å². The van der Waals surface area contributed by atoms with Crippen molar-refractivity contribution in [2.24, 2.45) is 0 Å². The van der Waals surface area contributed by atoms with Crippen molar-refractivity contribution in [1.29, 1.82) is 0 Å². The fraction of sp³-hybridized carbons (Fsp3) is 0.231. The Hall–Kier alpha value is -3.98. The lowest BCUT2D eigenvalue weighted by Crippen LogP contribution is -2.47. The highest BCUT2D eigenvalue weighted by molar-refractivity contribution is 6.37. The van der Waals surface area contributed by atoms with Gasteiger partial charge in [0.15, 0.2) is 5.65 Å². The van der Waals surface area contributed by atoms with E-state index in [0.717, 1.165) is 67.3 Å². The predicted octanol–water partition coefficient (Wildman–Crippen LogP) is 1.85. The van der Waals surface area contributed by atoms with Gasteiger partial charge in [0.05, 0.1) is 12.0 Å². The molecule has 0 unspecified atom stereocenters. The van der Waals surface area contributed by atoms with Crippen molar-refractivity contribution in [2.45, 2.75) is 13.1 Å². The molecule has 0 amide bonds. The molecule has 0 bridgehead atoms. The molecule has 5 aromatic rings. The van der Waals surface area contributed by atoms with Crippen LogP contribution in [0.5, 0.6) is 0 Å². The Morgan fingerprint density at radius 1 is 0.886 bits per heavy atom. The fourth-order valence-corrected chi connectivity index (χ4v) is 4.81. The van der Waals surface area contributed by atoms with Crippen LogP contribution in [0.4, 0.5) is 5.69 Å². The summed E-state index contributed by atoms with van der Waals surface area (Å²) in [6.07, 6.45) is 11.3. The third kappa shape index (κ3) is 4.55. The van der Waals surface area contributed by atoms with E-state index in [9.17, 15) is 0 Å². The molecule has 0 spiro atoms. The second kappa shape index (κ2) is 9.35. The molecule has 174 valence electrons. The van der Waals surface area contributed by atoms with Crippen LogP contribution in [0.3, 0.4) is 0 Å². The minimum Gasteiger partial charge on any atom is -0.368 e. The molecule has 1 aromatic carbocycles. The lowest BCUT2D eigenvalue weighted by molar-refractivity contribution is 0.250. The van der Waals surface area contributed by atoms with Gasteiger partial charge in [0.1, 0.15) is 19.2 Å². The molecule has 1 saturated heterocycles. The number of rotatable bonds is 6. The largest absolute Gasteiger partial charge is 0.368 e. The van der Waals surface area contributed by atoms with Crippen LogP contribution >= 0.6 is 0 Å². The highest BCUT2D eigenvalue weighted by atomic mass is 15.3. The second-order valence-electron chi connectivity index (χ2n) is 9.13. The standard InChI is InChI=1S/C26H27BN8/c27-22-15-30-26-23(24(22)35-12-10-33(11-13-35)17-20-2-1-7-28-14-20)31-25(32-26)21-5-3-19(4-6-21)16-34-9-8-29-18-34/h1-9,14-15,18H,10-13,16-17,27H2,(H,30,31,32). The van der Waals surface area contributed by atoms with E-state index >= 15 is 0 Å². The van der Waals surface area contributed by atoms with Gasteiger partial charge in [-0.2, -0.15) is 0 Å². The highest BCUT2D eigenvalue weighted by Gasteiger charge is 2.22. The van der Waals surface area contributed by atoms with Crippen LogP contribution in [-0.2, 0) is 13.1 Å². The monoisotopic (exact) mass is 462 g/mol. The maximum atomic E-state index is 5.01. The molecule has 1 N–H and O–H groups in total. The Morgan fingerprint density at radius 3 is 2.49 bits per heavy atom. The van der Waals surface area contributed by atoms with Gasteiger partial charge < -0.3 is 14.5 Å². The molecule has 0 saturated carbocycles. The number of nitrogens with one attached hydrogen (secondary N) is 1. The minimum absolute atomic E-state index is 0.804. The molecule has 1 aliphatic heterocycles. The summed E-state index contributed by atoms with van der Waals surface area (Å²) in [5, 5.41) is 0. The van der Waals surface area contributed by atoms with Crippen LogP contribution in [0.15, 0.2) is 73.7 Å². The van der Waals surface area contributed by atoms with Crippen molar-refractivity contribution < 1.29 is 0 Å². The van der Waals surface area contributed by atoms with Gasteiger partial charge in [0.25, 0.3) is 0 Å². The average molecular weight is 462 g/mol. The minimum atomic E-state index is 0.804. The molecule has 0 atom stereocenters. The van der Waals surface area contributed by atoms with Gasteiger partial charge in [0, 0.05) is 75.8 Å². The number of imidazole rings is 2. The summed E-state index contributed by atoms with van der Waals surface area (Å²) in [6.45, 7) is 5.69. The third-order valence-electron chi connectivity index (χ3n) is 6.64. The topological polar surface area (TPSA) is 78.8 Å². The molecular formula is C26H27BN8. The number of benzene rings is 1. The summed E-state index contributed by atoms with van der Waals surface area (Å²) in [7, 11) is 2.13. The smallest absolute Gasteiger partial charge is 0.159 e. The van der Waals surface area contributed by atoms with E-state index in [2.05, 4.69) is 72.5 Å². The van der Waals surface area contributed by atoms with E-state index in [1.165, 1.54) is 16.8 Å². The third-order valence-corrected chi connectivity index (χ3v) is 6.64. The first-order valence-electron chi connectivity index (χ1n) is 12.0. The summed E-state index contributed by atoms with van der Waals surface area (Å²) < 4.78 is 2.06. The van der Waals surface area contributed by atoms with Crippen molar-refractivity contribution in [3.63, 3.8) is 0 Å².